The van der Waals surface area contributed by atoms with E-state index < -0.39 is 11.1 Å². The van der Waals surface area contributed by atoms with Gasteiger partial charge in [-0.15, -0.1) is 0 Å². The minimum atomic E-state index is -1.30. The first-order valence-corrected chi connectivity index (χ1v) is 4.83. The molecule has 0 spiro atoms. The van der Waals surface area contributed by atoms with Gasteiger partial charge in [0.05, 0.1) is 0 Å². The maximum absolute atomic E-state index is 12.9. The Labute approximate surface area is 87.2 Å². The van der Waals surface area contributed by atoms with Crippen LogP contribution in [0.3, 0.4) is 0 Å². The number of halogens is 3. The standard InChI is InChI=1S/C11H11ClF2/c1-2-3-8-4-6-9(7-5-8)10(13)11(12)14/h4-7H,2-3H2,1H3. The van der Waals surface area contributed by atoms with Gasteiger partial charge in [0, 0.05) is 5.56 Å². The topological polar surface area (TPSA) is 0 Å². The van der Waals surface area contributed by atoms with Crippen LogP contribution < -0.4 is 0 Å². The van der Waals surface area contributed by atoms with E-state index in [2.05, 4.69) is 6.92 Å². The lowest BCUT2D eigenvalue weighted by Crippen LogP contribution is -1.84. The Morgan fingerprint density at radius 2 is 1.79 bits per heavy atom. The summed E-state index contributed by atoms with van der Waals surface area (Å²) in [5.74, 6) is -1.00. The summed E-state index contributed by atoms with van der Waals surface area (Å²) in [4.78, 5) is 0. The monoisotopic (exact) mass is 216 g/mol. The molecule has 0 fully saturated rings. The van der Waals surface area contributed by atoms with E-state index in [0.29, 0.717) is 0 Å². The maximum Gasteiger partial charge on any atom is 0.225 e. The van der Waals surface area contributed by atoms with E-state index in [9.17, 15) is 8.78 Å². The Kier molecular flexibility index (Phi) is 4.08. The Balaban J connectivity index is 2.89. The second-order valence-corrected chi connectivity index (χ2v) is 3.35. The first-order chi connectivity index (χ1) is 6.65. The van der Waals surface area contributed by atoms with Crippen LogP contribution in [-0.2, 0) is 6.42 Å². The van der Waals surface area contributed by atoms with Gasteiger partial charge in [-0.2, -0.15) is 4.39 Å². The number of hydrogen-bond acceptors (Lipinski definition) is 0. The molecular weight excluding hydrogens is 206 g/mol. The molecule has 0 saturated heterocycles. The lowest BCUT2D eigenvalue weighted by atomic mass is 10.1. The normalized spacial score (nSPS) is 12.6. The van der Waals surface area contributed by atoms with E-state index in [4.69, 9.17) is 11.6 Å². The molecule has 0 heterocycles. The average Bonchev–Trinajstić information content (AvgIpc) is 2.18. The molecule has 1 aromatic rings. The van der Waals surface area contributed by atoms with Crippen molar-refractivity contribution < 1.29 is 8.78 Å². The van der Waals surface area contributed by atoms with Crippen molar-refractivity contribution in [2.24, 2.45) is 0 Å². The quantitative estimate of drug-likeness (QED) is 0.701. The van der Waals surface area contributed by atoms with Gasteiger partial charge in [-0.25, -0.2) is 4.39 Å². The molecule has 14 heavy (non-hydrogen) atoms. The molecule has 0 aromatic heterocycles. The van der Waals surface area contributed by atoms with Crippen LogP contribution in [0.1, 0.15) is 24.5 Å². The summed E-state index contributed by atoms with van der Waals surface area (Å²) in [7, 11) is 0. The number of rotatable bonds is 3. The number of aryl methyl sites for hydroxylation is 1. The molecule has 0 aliphatic carbocycles. The van der Waals surface area contributed by atoms with Crippen LogP contribution in [0.5, 0.6) is 0 Å². The Morgan fingerprint density at radius 1 is 1.21 bits per heavy atom. The fourth-order valence-corrected chi connectivity index (χ4v) is 1.32. The fourth-order valence-electron chi connectivity index (χ4n) is 1.22. The summed E-state index contributed by atoms with van der Waals surface area (Å²) in [5.41, 5.74) is 1.29. The van der Waals surface area contributed by atoms with Gasteiger partial charge in [0.2, 0.25) is 5.29 Å². The third-order valence-corrected chi connectivity index (χ3v) is 2.08. The zero-order chi connectivity index (χ0) is 10.6. The van der Waals surface area contributed by atoms with Gasteiger partial charge in [0.1, 0.15) is 0 Å². The Hall–Kier alpha value is -0.890. The van der Waals surface area contributed by atoms with Crippen molar-refractivity contribution in [3.63, 3.8) is 0 Å². The first kappa shape index (κ1) is 11.2. The lowest BCUT2D eigenvalue weighted by molar-refractivity contribution is 0.651. The zero-order valence-electron chi connectivity index (χ0n) is 7.86. The zero-order valence-corrected chi connectivity index (χ0v) is 8.61. The van der Waals surface area contributed by atoms with Crippen molar-refractivity contribution in [1.82, 2.24) is 0 Å². The van der Waals surface area contributed by atoms with Gasteiger partial charge in [-0.1, -0.05) is 37.6 Å². The molecule has 1 aromatic carbocycles. The fraction of sp³-hybridized carbons (Fsp3) is 0.273. The highest BCUT2D eigenvalue weighted by Crippen LogP contribution is 2.23. The van der Waals surface area contributed by atoms with Gasteiger partial charge in [-0.3, -0.25) is 0 Å². The molecule has 0 unspecified atom stereocenters. The number of benzene rings is 1. The molecule has 0 aliphatic rings. The summed E-state index contributed by atoms with van der Waals surface area (Å²) in [6.45, 7) is 2.06. The van der Waals surface area contributed by atoms with Crippen LogP contribution in [0.25, 0.3) is 5.83 Å². The van der Waals surface area contributed by atoms with E-state index in [-0.39, 0.29) is 5.56 Å². The SMILES string of the molecule is CCCc1ccc(C(F)=C(F)Cl)cc1. The van der Waals surface area contributed by atoms with E-state index >= 15 is 0 Å². The minimum absolute atomic E-state index is 0.178. The summed E-state index contributed by atoms with van der Waals surface area (Å²) in [6.07, 6.45) is 1.97. The first-order valence-electron chi connectivity index (χ1n) is 4.45. The highest BCUT2D eigenvalue weighted by molar-refractivity contribution is 6.30. The smallest absolute Gasteiger partial charge is 0.202 e. The third-order valence-electron chi connectivity index (χ3n) is 1.91. The second kappa shape index (κ2) is 5.11. The largest absolute Gasteiger partial charge is 0.225 e. The molecule has 0 bridgehead atoms. The third kappa shape index (κ3) is 2.81. The summed E-state index contributed by atoms with van der Waals surface area (Å²) in [6, 6.07) is 6.61. The molecule has 0 N–H and O–H groups in total. The molecule has 76 valence electrons. The van der Waals surface area contributed by atoms with Crippen molar-refractivity contribution in [3.05, 3.63) is 40.7 Å². The maximum atomic E-state index is 12.9. The van der Waals surface area contributed by atoms with Crippen molar-refractivity contribution in [1.29, 1.82) is 0 Å². The molecule has 0 amide bonds. The lowest BCUT2D eigenvalue weighted by Gasteiger charge is -2.00. The van der Waals surface area contributed by atoms with Gasteiger partial charge in [0.15, 0.2) is 5.83 Å². The molecule has 0 aliphatic heterocycles. The highest BCUT2D eigenvalue weighted by atomic mass is 35.5. The molecule has 0 nitrogen and oxygen atoms in total. The molecule has 1 rings (SSSR count). The van der Waals surface area contributed by atoms with E-state index in [1.54, 1.807) is 12.1 Å². The molecule has 0 radical (unpaired) electrons. The molecular formula is C11H11ClF2. The molecule has 3 heteroatoms. The van der Waals surface area contributed by atoms with Crippen LogP contribution in [0.15, 0.2) is 29.6 Å². The average molecular weight is 217 g/mol. The Morgan fingerprint density at radius 3 is 2.21 bits per heavy atom. The van der Waals surface area contributed by atoms with Gasteiger partial charge >= 0.3 is 0 Å². The minimum Gasteiger partial charge on any atom is -0.202 e. The van der Waals surface area contributed by atoms with Gasteiger partial charge in [-0.05, 0) is 23.6 Å². The summed E-state index contributed by atoms with van der Waals surface area (Å²) in [5, 5.41) is -1.30. The van der Waals surface area contributed by atoms with Crippen molar-refractivity contribution in [2.75, 3.05) is 0 Å². The van der Waals surface area contributed by atoms with Crippen molar-refractivity contribution in [2.45, 2.75) is 19.8 Å². The molecule has 0 atom stereocenters. The van der Waals surface area contributed by atoms with Crippen LogP contribution in [0.2, 0.25) is 0 Å². The molecule has 0 saturated carbocycles. The van der Waals surface area contributed by atoms with Gasteiger partial charge in [0.25, 0.3) is 0 Å². The van der Waals surface area contributed by atoms with E-state index in [0.717, 1.165) is 18.4 Å². The van der Waals surface area contributed by atoms with E-state index in [1.165, 1.54) is 12.1 Å². The van der Waals surface area contributed by atoms with Crippen LogP contribution in [-0.4, -0.2) is 0 Å². The van der Waals surface area contributed by atoms with Crippen LogP contribution >= 0.6 is 11.6 Å². The van der Waals surface area contributed by atoms with E-state index in [1.807, 2.05) is 0 Å². The predicted octanol–water partition coefficient (Wildman–Crippen LogP) is 4.44. The van der Waals surface area contributed by atoms with Gasteiger partial charge < -0.3 is 0 Å². The highest BCUT2D eigenvalue weighted by Gasteiger charge is 2.05. The number of hydrogen-bond donors (Lipinski definition) is 0. The van der Waals surface area contributed by atoms with Crippen molar-refractivity contribution in [3.8, 4) is 0 Å². The van der Waals surface area contributed by atoms with Crippen LogP contribution in [0.4, 0.5) is 8.78 Å². The predicted molar refractivity (Wildman–Crippen MR) is 55.4 cm³/mol. The van der Waals surface area contributed by atoms with Crippen LogP contribution in [0, 0.1) is 0 Å². The second-order valence-electron chi connectivity index (χ2n) is 3.02. The van der Waals surface area contributed by atoms with Crippen molar-refractivity contribution >= 4 is 17.4 Å². The summed E-state index contributed by atoms with van der Waals surface area (Å²) < 4.78 is 25.2. The Bertz CT molecular complexity index is 324. The summed E-state index contributed by atoms with van der Waals surface area (Å²) >= 11 is 4.90.